The van der Waals surface area contributed by atoms with Crippen LogP contribution in [0.25, 0.3) is 0 Å². The number of carbonyl (C=O) groups is 2. The molecule has 1 unspecified atom stereocenters. The summed E-state index contributed by atoms with van der Waals surface area (Å²) in [5, 5.41) is 14.1. The van der Waals surface area contributed by atoms with Crippen LogP contribution in [0.1, 0.15) is 63.2 Å². The average Bonchev–Trinajstić information content (AvgIpc) is 3.65. The Kier molecular flexibility index (Phi) is 9.87. The number of aryl methyl sites for hydroxylation is 1. The maximum atomic E-state index is 14.0. The normalized spacial score (nSPS) is 26.8. The number of fused-ring (bicyclic) bond motifs is 10. The number of hydrogen-bond acceptors (Lipinski definition) is 14. The minimum Gasteiger partial charge on any atom is -0.493 e. The van der Waals surface area contributed by atoms with E-state index in [0.717, 1.165) is 27.8 Å². The summed E-state index contributed by atoms with van der Waals surface area (Å²) in [6.45, 7) is 5.63. The topological polar surface area (TPSA) is 141 Å². The predicted octanol–water partition coefficient (Wildman–Crippen LogP) is 4.67. The van der Waals surface area contributed by atoms with Crippen molar-refractivity contribution >= 4 is 23.7 Å². The molecule has 6 aliphatic rings. The van der Waals surface area contributed by atoms with Crippen LogP contribution in [0.15, 0.2) is 36.4 Å². The number of thioether (sulfide) groups is 1. The van der Waals surface area contributed by atoms with Gasteiger partial charge in [0.15, 0.2) is 29.8 Å². The highest BCUT2D eigenvalue weighted by Crippen LogP contribution is 2.64. The summed E-state index contributed by atoms with van der Waals surface area (Å²) >= 11 is 1.57. The summed E-state index contributed by atoms with van der Waals surface area (Å²) in [7, 11) is 5.28. The van der Waals surface area contributed by atoms with Crippen molar-refractivity contribution in [1.82, 2.24) is 15.1 Å². The van der Waals surface area contributed by atoms with Crippen LogP contribution >= 0.6 is 11.8 Å². The smallest absolute Gasteiger partial charge is 0.324 e. The number of hydrogen-bond donors (Lipinski definition) is 1. The van der Waals surface area contributed by atoms with Crippen LogP contribution < -0.4 is 29.0 Å². The van der Waals surface area contributed by atoms with Gasteiger partial charge in [-0.15, -0.1) is 11.8 Å². The van der Waals surface area contributed by atoms with Crippen LogP contribution in [0.3, 0.4) is 0 Å². The van der Waals surface area contributed by atoms with Crippen molar-refractivity contribution in [3.8, 4) is 34.8 Å². The molecule has 0 aliphatic carbocycles. The third-order valence-electron chi connectivity index (χ3n) is 11.4. The molecule has 3 aromatic carbocycles. The lowest BCUT2D eigenvalue weighted by molar-refractivity contribution is -0.151. The highest BCUT2D eigenvalue weighted by molar-refractivity contribution is 7.99. The van der Waals surface area contributed by atoms with Gasteiger partial charge < -0.3 is 33.2 Å². The lowest BCUT2D eigenvalue weighted by atomic mass is 9.71. The fraction of sp³-hybridized carbons (Fsp3) is 0.475. The summed E-state index contributed by atoms with van der Waals surface area (Å²) in [5.74, 6) is 2.07. The quantitative estimate of drug-likeness (QED) is 0.193. The van der Waals surface area contributed by atoms with Gasteiger partial charge in [0.25, 0.3) is 0 Å². The maximum Gasteiger partial charge on any atom is 0.324 e. The second-order valence-corrected chi connectivity index (χ2v) is 15.5. The molecule has 0 aromatic heterocycles. The lowest BCUT2D eigenvalue weighted by Gasteiger charge is -2.61. The molecule has 9 rings (SSSR count). The van der Waals surface area contributed by atoms with E-state index in [1.165, 1.54) is 6.92 Å². The minimum absolute atomic E-state index is 0.00887. The zero-order chi connectivity index (χ0) is 37.8. The first-order valence-electron chi connectivity index (χ1n) is 18.1. The van der Waals surface area contributed by atoms with Crippen molar-refractivity contribution in [2.75, 3.05) is 47.2 Å². The van der Waals surface area contributed by atoms with Gasteiger partial charge in [-0.25, -0.2) is 0 Å². The average molecular weight is 757 g/mol. The van der Waals surface area contributed by atoms with Crippen molar-refractivity contribution in [3.05, 3.63) is 75.3 Å². The molecule has 4 bridgehead atoms. The van der Waals surface area contributed by atoms with Crippen molar-refractivity contribution in [2.45, 2.75) is 75.2 Å². The Labute approximate surface area is 318 Å². The van der Waals surface area contributed by atoms with E-state index in [0.29, 0.717) is 58.6 Å². The van der Waals surface area contributed by atoms with E-state index in [1.54, 1.807) is 26.0 Å². The molecule has 0 radical (unpaired) electrons. The van der Waals surface area contributed by atoms with Crippen LogP contribution in [-0.4, -0.2) is 93.1 Å². The molecular weight excluding hydrogens is 713 g/mol. The Morgan fingerprint density at radius 3 is 2.56 bits per heavy atom. The summed E-state index contributed by atoms with van der Waals surface area (Å²) in [4.78, 5) is 31.4. The number of nitrogens with zero attached hydrogens (tertiary/aromatic N) is 3. The van der Waals surface area contributed by atoms with Crippen molar-refractivity contribution in [2.24, 2.45) is 0 Å². The number of benzene rings is 3. The van der Waals surface area contributed by atoms with Gasteiger partial charge in [0, 0.05) is 60.7 Å². The number of ether oxygens (including phenoxy) is 7. The second-order valence-electron chi connectivity index (χ2n) is 14.3. The van der Waals surface area contributed by atoms with Gasteiger partial charge in [0.1, 0.15) is 24.4 Å². The number of rotatable bonds is 8. The number of nitriles is 1. The second kappa shape index (κ2) is 14.6. The van der Waals surface area contributed by atoms with Crippen molar-refractivity contribution in [1.29, 1.82) is 5.26 Å². The largest absolute Gasteiger partial charge is 0.493 e. The molecule has 1 N–H and O–H groups in total. The molecule has 0 amide bonds. The molecule has 3 aromatic rings. The van der Waals surface area contributed by atoms with E-state index in [-0.39, 0.29) is 38.2 Å². The molecule has 14 heteroatoms. The van der Waals surface area contributed by atoms with Crippen LogP contribution in [0.4, 0.5) is 0 Å². The zero-order valence-corrected chi connectivity index (χ0v) is 32.0. The Hall–Kier alpha value is -4.52. The molecule has 54 heavy (non-hydrogen) atoms. The lowest BCUT2D eigenvalue weighted by Crippen LogP contribution is -2.69. The molecule has 2 fully saturated rings. The van der Waals surface area contributed by atoms with Crippen LogP contribution in [0.2, 0.25) is 0 Å². The molecule has 2 saturated heterocycles. The van der Waals surface area contributed by atoms with E-state index in [2.05, 4.69) is 34.3 Å². The molecule has 6 heterocycles. The Balaban J connectivity index is 1.36. The number of methoxy groups -OCH3 is 2. The van der Waals surface area contributed by atoms with Crippen molar-refractivity contribution in [3.63, 3.8) is 0 Å². The fourth-order valence-electron chi connectivity index (χ4n) is 9.18. The van der Waals surface area contributed by atoms with E-state index in [4.69, 9.17) is 33.2 Å². The Morgan fingerprint density at radius 2 is 1.83 bits per heavy atom. The maximum absolute atomic E-state index is 14.0. The first-order chi connectivity index (χ1) is 26.2. The van der Waals surface area contributed by atoms with E-state index in [1.807, 2.05) is 44.2 Å². The first-order valence-corrected chi connectivity index (χ1v) is 19.1. The molecule has 0 saturated carbocycles. The van der Waals surface area contributed by atoms with E-state index in [9.17, 15) is 14.9 Å². The summed E-state index contributed by atoms with van der Waals surface area (Å²) in [5.41, 5.74) is 6.11. The number of nitrogens with one attached hydrogen (secondary N) is 1. The molecule has 284 valence electrons. The molecule has 7 atom stereocenters. The summed E-state index contributed by atoms with van der Waals surface area (Å²) in [6.07, 6.45) is 0.574. The van der Waals surface area contributed by atoms with Crippen molar-refractivity contribution < 1.29 is 42.7 Å². The number of piperazine rings is 1. The minimum atomic E-state index is -0.651. The number of likely N-dealkylation sites (N-methyl/N-ethyl adjacent to an activating group) is 1. The highest BCUT2D eigenvalue weighted by atomic mass is 32.2. The van der Waals surface area contributed by atoms with Gasteiger partial charge in [-0.3, -0.25) is 24.7 Å². The number of carbonyl (C=O) groups excluding carboxylic acids is 2. The first kappa shape index (κ1) is 36.5. The Morgan fingerprint density at radius 1 is 1.06 bits per heavy atom. The SMILES string of the molecule is COCOc1c(OC)c(C)cc2c1[C@@H]1C3[C@@H]4SC[C@@H](NCc5ccccc5)C(=O)OC[C@H](c5c6c(c(C)c(OC(C)=O)c54)OCO6)N3[C@@H](C#N)[C@@H](C2)N1C. The number of esters is 2. The summed E-state index contributed by atoms with van der Waals surface area (Å²) < 4.78 is 42.4. The standard InChI is InChI=1S/C40H44N4O9S/c1-20-12-24-13-26-27(14-41)44-28-16-49-40(46)25(42-15-23-10-8-7-9-11-23)17-54-39(31-30(28)38-36(51-19-52-38)21(2)35(31)53-22(3)45)33(44)32(43(26)4)29(24)37(34(20)48-6)50-18-47-5/h7-12,25-28,32-33,39,42H,13,15-19H2,1-6H3/t25-,26-,27+,28-,32-,33?,39-/m1/s1. The monoisotopic (exact) mass is 756 g/mol. The van der Waals surface area contributed by atoms with Gasteiger partial charge >= 0.3 is 11.9 Å². The van der Waals surface area contributed by atoms with Gasteiger partial charge in [0.05, 0.1) is 30.5 Å². The summed E-state index contributed by atoms with van der Waals surface area (Å²) in [6, 6.07) is 11.9. The predicted molar refractivity (Wildman–Crippen MR) is 198 cm³/mol. The molecule has 6 aliphatic heterocycles. The molecule has 0 spiro atoms. The third-order valence-corrected chi connectivity index (χ3v) is 12.8. The molecule has 13 nitrogen and oxygen atoms in total. The van der Waals surface area contributed by atoms with Gasteiger partial charge in [-0.05, 0) is 44.0 Å². The van der Waals surface area contributed by atoms with E-state index >= 15 is 0 Å². The van der Waals surface area contributed by atoms with Gasteiger partial charge in [0.2, 0.25) is 6.79 Å². The van der Waals surface area contributed by atoms with E-state index < -0.39 is 35.4 Å². The molecular formula is C40H44N4O9S. The zero-order valence-electron chi connectivity index (χ0n) is 31.2. The van der Waals surface area contributed by atoms with Gasteiger partial charge in [-0.1, -0.05) is 36.4 Å². The highest BCUT2D eigenvalue weighted by Gasteiger charge is 2.61. The Bertz CT molecular complexity index is 2020. The van der Waals surface area contributed by atoms with Crippen LogP contribution in [-0.2, 0) is 32.0 Å². The fourth-order valence-corrected chi connectivity index (χ4v) is 10.7. The van der Waals surface area contributed by atoms with Crippen LogP contribution in [0, 0.1) is 25.2 Å². The van der Waals surface area contributed by atoms with Gasteiger partial charge in [-0.2, -0.15) is 5.26 Å². The third kappa shape index (κ3) is 5.84. The van der Waals surface area contributed by atoms with Crippen LogP contribution in [0.5, 0.6) is 28.7 Å².